The topological polar surface area (TPSA) is 229 Å². The van der Waals surface area contributed by atoms with Crippen molar-refractivity contribution in [3.63, 3.8) is 0 Å². The Labute approximate surface area is 503 Å². The molecule has 0 bridgehead atoms. The number of halogens is 2. The van der Waals surface area contributed by atoms with E-state index in [2.05, 4.69) is 38.3 Å². The summed E-state index contributed by atoms with van der Waals surface area (Å²) < 4.78 is 67.2. The van der Waals surface area contributed by atoms with E-state index in [-0.39, 0.29) is 42.1 Å². The van der Waals surface area contributed by atoms with Crippen LogP contribution in [0.1, 0.15) is 88.8 Å². The monoisotopic (exact) mass is 1220 g/mol. The van der Waals surface area contributed by atoms with Gasteiger partial charge in [-0.25, -0.2) is 26.6 Å². The first-order chi connectivity index (χ1) is 40.2. The van der Waals surface area contributed by atoms with Crippen LogP contribution in [0.15, 0.2) is 70.5 Å². The van der Waals surface area contributed by atoms with Crippen molar-refractivity contribution in [1.82, 2.24) is 34.8 Å². The van der Waals surface area contributed by atoms with E-state index in [0.29, 0.717) is 156 Å². The molecule has 4 aromatic rings. The van der Waals surface area contributed by atoms with Crippen LogP contribution >= 0.6 is 23.2 Å². The molecule has 2 heterocycles. The van der Waals surface area contributed by atoms with E-state index in [4.69, 9.17) is 51.6 Å². The van der Waals surface area contributed by atoms with E-state index in [0.717, 1.165) is 69.7 Å². The number of hydrogen-bond acceptors (Lipinski definition) is 13. The summed E-state index contributed by atoms with van der Waals surface area (Å²) in [5.41, 5.74) is 6.79. The van der Waals surface area contributed by atoms with Gasteiger partial charge in [-0.05, 0) is 179 Å². The molecule has 2 unspecified atom stereocenters. The fourth-order valence-electron chi connectivity index (χ4n) is 10.9. The number of hydrogen-bond donors (Lipinski definition) is 4. The molecule has 2 fully saturated rings. The van der Waals surface area contributed by atoms with Gasteiger partial charge in [0.05, 0.1) is 92.0 Å². The summed E-state index contributed by atoms with van der Waals surface area (Å²) in [6.07, 6.45) is 4.86. The lowest BCUT2D eigenvalue weighted by atomic mass is 10.0. The molecule has 7 atom stereocenters. The van der Waals surface area contributed by atoms with Gasteiger partial charge in [0.2, 0.25) is 0 Å². The number of amides is 4. The van der Waals surface area contributed by atoms with Crippen LogP contribution in [0.25, 0.3) is 0 Å². The van der Waals surface area contributed by atoms with Crippen molar-refractivity contribution in [3.05, 3.63) is 115 Å². The van der Waals surface area contributed by atoms with Crippen LogP contribution in [-0.4, -0.2) is 159 Å². The quantitative estimate of drug-likeness (QED) is 0.0365. The number of unbranched alkanes of at least 4 members (excludes halogenated alkanes) is 1. The number of rotatable bonds is 30. The molecule has 2 aliphatic heterocycles. The van der Waals surface area contributed by atoms with Crippen molar-refractivity contribution in [2.24, 2.45) is 11.8 Å². The summed E-state index contributed by atoms with van der Waals surface area (Å²) in [4.78, 5) is 28.0. The van der Waals surface area contributed by atoms with Crippen LogP contribution < -0.4 is 30.7 Å². The van der Waals surface area contributed by atoms with E-state index in [1.54, 1.807) is 12.1 Å². The first-order valence-corrected chi connectivity index (χ1v) is 31.5. The number of nitrogens with one attached hydrogen (secondary N) is 4. The predicted molar refractivity (Wildman–Crippen MR) is 318 cm³/mol. The van der Waals surface area contributed by atoms with E-state index in [9.17, 15) is 28.5 Å². The van der Waals surface area contributed by atoms with E-state index >= 15 is 0 Å². The molecule has 0 saturated carbocycles. The largest absolute Gasteiger partial charge is 0.485 e. The summed E-state index contributed by atoms with van der Waals surface area (Å²) in [5.74, 6) is 1.93. The Morgan fingerprint density at radius 2 is 1.11 bits per heavy atom. The van der Waals surface area contributed by atoms with Crippen LogP contribution in [0, 0.1) is 48.3 Å². The zero-order valence-electron chi connectivity index (χ0n) is 47.8. The molecule has 4 aliphatic rings. The van der Waals surface area contributed by atoms with Crippen LogP contribution in [0.3, 0.4) is 0 Å². The highest BCUT2D eigenvalue weighted by atomic mass is 35.5. The van der Waals surface area contributed by atoms with Crippen molar-refractivity contribution in [3.8, 4) is 23.6 Å². The molecule has 0 aromatic heterocycles. The summed E-state index contributed by atoms with van der Waals surface area (Å²) in [6.45, 7) is 11.7. The number of benzene rings is 4. The maximum Gasteiger partial charge on any atom is 0.314 e. The number of aryl methyl sites for hydroxylation is 2. The summed E-state index contributed by atoms with van der Waals surface area (Å²) in [7, 11) is 1.37. The van der Waals surface area contributed by atoms with Gasteiger partial charge in [0.1, 0.15) is 45.7 Å². The Morgan fingerprint density at radius 1 is 0.627 bits per heavy atom. The number of carbonyl (C=O) groups excluding carboxylic acids is 2. The van der Waals surface area contributed by atoms with Crippen LogP contribution in [0.4, 0.5) is 9.59 Å². The zero-order valence-corrected chi connectivity index (χ0v) is 51.0. The maximum absolute atomic E-state index is 13.6. The fourth-order valence-corrected chi connectivity index (χ4v) is 14.1. The highest BCUT2D eigenvalue weighted by Crippen LogP contribution is 2.42. The first kappa shape index (κ1) is 63.6. The molecule has 4 amide bonds. The number of carbonyl (C=O) groups is 2. The van der Waals surface area contributed by atoms with Crippen molar-refractivity contribution in [2.75, 3.05) is 119 Å². The Morgan fingerprint density at radius 3 is 1.61 bits per heavy atom. The second-order valence-corrected chi connectivity index (χ2v) is 25.4. The molecule has 448 valence electrons. The zero-order chi connectivity index (χ0) is 58.8. The summed E-state index contributed by atoms with van der Waals surface area (Å²) in [6, 6.07) is 22.5. The lowest BCUT2D eigenvalue weighted by molar-refractivity contribution is 0.0366. The van der Waals surface area contributed by atoms with Crippen molar-refractivity contribution in [2.45, 2.75) is 86.8 Å². The minimum Gasteiger partial charge on any atom is -0.485 e. The van der Waals surface area contributed by atoms with Crippen molar-refractivity contribution in [1.29, 1.82) is 10.5 Å². The van der Waals surface area contributed by atoms with Gasteiger partial charge >= 0.3 is 12.1 Å². The van der Waals surface area contributed by atoms with Gasteiger partial charge in [-0.3, -0.25) is 0 Å². The molecule has 2 aliphatic carbocycles. The highest BCUT2D eigenvalue weighted by Gasteiger charge is 2.38. The average Bonchev–Trinajstić information content (AvgIpc) is 4.49. The number of likely N-dealkylation sites (N-methyl/N-ethyl adjacent to an activating group) is 1. The second-order valence-electron chi connectivity index (χ2n) is 21.6. The maximum atomic E-state index is 13.6. The van der Waals surface area contributed by atoms with Crippen molar-refractivity contribution >= 4 is 57.2 Å². The first-order valence-electron chi connectivity index (χ1n) is 28.5. The Hall–Kier alpha value is -5.40. The summed E-state index contributed by atoms with van der Waals surface area (Å²) >= 11 is 12.7. The predicted octanol–water partition coefficient (Wildman–Crippen LogP) is 7.86. The molecule has 4 aromatic carbocycles. The molecule has 23 heteroatoms. The third-order valence-corrected chi connectivity index (χ3v) is 18.7. The lowest BCUT2D eigenvalue weighted by Crippen LogP contribution is -2.39. The third kappa shape index (κ3) is 17.8. The van der Waals surface area contributed by atoms with Gasteiger partial charge in [-0.1, -0.05) is 23.2 Å². The smallest absolute Gasteiger partial charge is 0.314 e. The van der Waals surface area contributed by atoms with Gasteiger partial charge in [-0.2, -0.15) is 10.5 Å². The molecular formula is C60H77Cl2N9O10S2. The van der Waals surface area contributed by atoms with Crippen LogP contribution in [-0.2, 0) is 53.8 Å². The lowest BCUT2D eigenvalue weighted by Gasteiger charge is -2.28. The molecule has 19 nitrogen and oxygen atoms in total. The molecule has 2 saturated heterocycles. The Kier molecular flexibility index (Phi) is 24.3. The van der Waals surface area contributed by atoms with Crippen molar-refractivity contribution < 1.29 is 46.4 Å². The molecule has 0 spiro atoms. The fraction of sp³-hybridized carbons (Fsp3) is 0.533. The number of ether oxygens (including phenoxy) is 6. The molecule has 8 rings (SSSR count). The van der Waals surface area contributed by atoms with E-state index in [1.165, 1.54) is 0 Å². The summed E-state index contributed by atoms with van der Waals surface area (Å²) in [5, 5.41) is 31.5. The number of fused-ring (bicyclic) bond motifs is 2. The second kappa shape index (κ2) is 31.7. The number of nitriles is 2. The molecule has 83 heavy (non-hydrogen) atoms. The Balaban J connectivity index is 0.577. The normalized spacial score (nSPS) is 20.1. The third-order valence-electron chi connectivity index (χ3n) is 15.4. The minimum absolute atomic E-state index is 0.0276. The van der Waals surface area contributed by atoms with Gasteiger partial charge in [0.25, 0.3) is 0 Å². The van der Waals surface area contributed by atoms with Gasteiger partial charge in [0, 0.05) is 62.4 Å². The Bertz CT molecular complexity index is 3020. The molecule has 4 N–H and O–H groups in total. The van der Waals surface area contributed by atoms with E-state index in [1.807, 2.05) is 85.1 Å². The van der Waals surface area contributed by atoms with Crippen LogP contribution in [0.2, 0.25) is 10.0 Å². The van der Waals surface area contributed by atoms with E-state index < -0.39 is 22.0 Å². The van der Waals surface area contributed by atoms with Gasteiger partial charge in [-0.15, -0.1) is 0 Å². The number of urea groups is 2. The molecule has 0 radical (unpaired) electrons. The standard InChI is InChI=1S/C60H77Cl2N9O10S2/c1-40-27-48(7-10-55(40)80-57-12-9-50-44(34-63)29-46(61)31-52(50)57)82(74)70-19-13-42(36-70)38-78-25-23-76-21-17-67-59(72)65-15-5-6-16-66-60(73)68-18-22-77-24-26-79-39-43-14-20-71(37-43)83(75)49-8-11-56(41(2)28-49)81-58-53-32-47(62)30-45(35-64)51(53)33-54(58)69(3)4/h7-8,10-11,27-32,42-43,54,57-58H,5-6,9,12-26,33,36-39H2,1-4H3,(H2,65,67,72)(H2,66,68,73)/t42-,43-,54+,57-,58+,82?,83?/m1/s1. The SMILES string of the molecule is Cc1cc(S(=O)N2CC[C@@H](COCCOCCNC(=O)NCCCCNC(=O)NCCOCCOC[C@@H]3CCN(S(=O)c4ccc(O[C@H]5c6cc(Cl)cc(C#N)c6C[C@@H]5N(C)C)c(C)c4)C3)C2)ccc1O[C@@H]1CCc2c(C#N)cc(Cl)cc21. The average molecular weight is 1220 g/mol. The van der Waals surface area contributed by atoms with Gasteiger partial charge < -0.3 is 54.6 Å². The number of nitrogens with zero attached hydrogens (tertiary/aromatic N) is 5. The van der Waals surface area contributed by atoms with Crippen LogP contribution in [0.5, 0.6) is 11.5 Å². The van der Waals surface area contributed by atoms with Gasteiger partial charge in [0.15, 0.2) is 0 Å². The highest BCUT2D eigenvalue weighted by molar-refractivity contribution is 7.83. The minimum atomic E-state index is -1.33. The molecular weight excluding hydrogens is 1140 g/mol.